The summed E-state index contributed by atoms with van der Waals surface area (Å²) in [5, 5.41) is 126. The Labute approximate surface area is 339 Å². The number of carbonyl (C=O) groups excluding carboxylic acids is 4. The van der Waals surface area contributed by atoms with Gasteiger partial charge in [0.15, 0.2) is 0 Å². The number of likely N-dealkylation sites (N-methyl/N-ethyl adjacent to an activating group) is 1. The van der Waals surface area contributed by atoms with Gasteiger partial charge in [0.25, 0.3) is 0 Å². The second kappa shape index (κ2) is 26.2. The van der Waals surface area contributed by atoms with E-state index >= 15 is 0 Å². The van der Waals surface area contributed by atoms with E-state index in [2.05, 4.69) is 15.6 Å². The van der Waals surface area contributed by atoms with E-state index in [1.54, 1.807) is 35.0 Å². The molecule has 1 radical (unpaired) electrons. The van der Waals surface area contributed by atoms with Crippen LogP contribution in [0.3, 0.4) is 0 Å². The molecule has 0 aromatic carbocycles. The number of amides is 2. The molecule has 2 unspecified atom stereocenters. The molecule has 325 valence electrons. The first-order valence-corrected chi connectivity index (χ1v) is 18.1. The second-order valence-electron chi connectivity index (χ2n) is 13.8. The van der Waals surface area contributed by atoms with Crippen molar-refractivity contribution in [1.29, 1.82) is 0 Å². The molecule has 2 amide bonds. The van der Waals surface area contributed by atoms with E-state index < -0.39 is 111 Å². The quantitative estimate of drug-likeness (QED) is 0.0482. The van der Waals surface area contributed by atoms with Crippen molar-refractivity contribution in [3.05, 3.63) is 29.6 Å². The van der Waals surface area contributed by atoms with Gasteiger partial charge in [0, 0.05) is 65.2 Å². The number of rotatable bonds is 22. The van der Waals surface area contributed by atoms with E-state index in [4.69, 9.17) is 10.2 Å². The average Bonchev–Trinajstić information content (AvgIpc) is 3.17. The number of aliphatic carboxylic acids is 2. The summed E-state index contributed by atoms with van der Waals surface area (Å²) >= 11 is 0. The number of hydrogen-bond acceptors (Lipinski definition) is 20. The van der Waals surface area contributed by atoms with Crippen molar-refractivity contribution >= 4 is 23.8 Å². The van der Waals surface area contributed by atoms with Gasteiger partial charge < -0.3 is 86.4 Å². The number of pyridine rings is 1. The van der Waals surface area contributed by atoms with Gasteiger partial charge in [-0.3, -0.25) is 24.4 Å². The Kier molecular flexibility index (Phi) is 23.9. The van der Waals surface area contributed by atoms with Gasteiger partial charge in [-0.2, -0.15) is 0 Å². The summed E-state index contributed by atoms with van der Waals surface area (Å²) in [4.78, 5) is 59.4. The molecule has 1 aromatic heterocycles. The Hall–Kier alpha value is -2.97. The summed E-state index contributed by atoms with van der Waals surface area (Å²) in [7, 11) is 1.73. The number of nitrogens with zero attached hydrogens (tertiary/aromatic N) is 4. The third-order valence-corrected chi connectivity index (χ3v) is 9.52. The fourth-order valence-corrected chi connectivity index (χ4v) is 5.94. The summed E-state index contributed by atoms with van der Waals surface area (Å²) in [6, 6.07) is 2.39. The van der Waals surface area contributed by atoms with Crippen molar-refractivity contribution < 1.29 is 97.5 Å². The second-order valence-corrected chi connectivity index (χ2v) is 13.8. The standard InChI is InChI=1S/C34H58N6O16.Mn/c1-38-9-11-39(21(33(53)54)5-7-27(47)35-13-23(43)29(49)31(51)25(45)17-41)15-19-3-2-4-20(37-19)16-40(12-10-38)22(34(55)56)6-8-28(48)36-14-24(44)30(50)32(52)26(46)18-42;/h2-4,21-26,29-32,41-46,49-52H,5-18H2,1H3,(H,35,47)(H,36,48)(H,53,54)(H,55,56);/q;+2/p-2/t21?,22?,23-,24-,25+,26+,29+,30+,31+,32+;/m0./s1. The molecule has 0 aliphatic carbocycles. The normalized spacial score (nSPS) is 20.1. The van der Waals surface area contributed by atoms with Gasteiger partial charge in [-0.05, 0) is 32.0 Å². The molecule has 0 fully saturated rings. The summed E-state index contributed by atoms with van der Waals surface area (Å²) < 4.78 is 0. The molecule has 2 heterocycles. The van der Waals surface area contributed by atoms with Gasteiger partial charge in [0.1, 0.15) is 36.6 Å². The minimum atomic E-state index is -1.90. The van der Waals surface area contributed by atoms with Crippen molar-refractivity contribution in [3.8, 4) is 0 Å². The number of carboxylic acid groups (broad SMARTS) is 2. The molecule has 0 saturated heterocycles. The third kappa shape index (κ3) is 17.4. The Balaban J connectivity index is 0.0000162. The van der Waals surface area contributed by atoms with Crippen molar-refractivity contribution in [3.63, 3.8) is 0 Å². The first-order chi connectivity index (χ1) is 26.4. The van der Waals surface area contributed by atoms with Crippen molar-refractivity contribution in [1.82, 2.24) is 30.3 Å². The number of nitrogens with one attached hydrogen (secondary N) is 2. The summed E-state index contributed by atoms with van der Waals surface area (Å²) in [6.07, 6.45) is -15.6. The maximum atomic E-state index is 12.6. The minimum absolute atomic E-state index is 0. The van der Waals surface area contributed by atoms with Crippen LogP contribution in [0.1, 0.15) is 37.1 Å². The van der Waals surface area contributed by atoms with Crippen LogP contribution in [0.15, 0.2) is 18.2 Å². The van der Waals surface area contributed by atoms with Gasteiger partial charge in [-0.25, -0.2) is 0 Å². The summed E-state index contributed by atoms with van der Waals surface area (Å²) in [5.41, 5.74) is 0.840. The van der Waals surface area contributed by atoms with Gasteiger partial charge in [-0.1, -0.05) is 6.07 Å². The zero-order valence-electron chi connectivity index (χ0n) is 31.5. The SMILES string of the molecule is CN1CCN(C(CCC(=O)NC[C@H](O)[C@@H](O)[C@H](O)[C@H](O)CO)C(=O)[O-])Cc2cccc(n2)CN(C(CCC(=O)NC[C@H](O)[C@@H](O)[C@H](O)[C@H](O)CO)C(=O)[O-])CC1.[Mn+2]. The minimum Gasteiger partial charge on any atom is -0.548 e. The number of aliphatic hydroxyl groups excluding tert-OH is 10. The van der Waals surface area contributed by atoms with E-state index in [9.17, 15) is 70.2 Å². The van der Waals surface area contributed by atoms with E-state index in [-0.39, 0.29) is 82.0 Å². The van der Waals surface area contributed by atoms with E-state index in [0.29, 0.717) is 11.4 Å². The predicted octanol–water partition coefficient (Wildman–Crippen LogP) is -9.47. The van der Waals surface area contributed by atoms with Crippen LogP contribution in [0, 0.1) is 0 Å². The summed E-state index contributed by atoms with van der Waals surface area (Å²) in [6.45, 7) is -1.97. The molecule has 22 nitrogen and oxygen atoms in total. The molecule has 1 aromatic rings. The van der Waals surface area contributed by atoms with Crippen LogP contribution in [0.4, 0.5) is 0 Å². The molecule has 0 spiro atoms. The Bertz CT molecular complexity index is 1290. The Morgan fingerprint density at radius 2 is 1.00 bits per heavy atom. The van der Waals surface area contributed by atoms with Crippen LogP contribution >= 0.6 is 0 Å². The Morgan fingerprint density at radius 1 is 0.649 bits per heavy atom. The molecule has 0 saturated carbocycles. The smallest absolute Gasteiger partial charge is 0.548 e. The number of aromatic nitrogens is 1. The number of carboxylic acids is 2. The molecule has 57 heavy (non-hydrogen) atoms. The molecular formula is C34H56MnN6O16. The first-order valence-electron chi connectivity index (χ1n) is 18.1. The van der Waals surface area contributed by atoms with Gasteiger partial charge in [0.05, 0.1) is 60.8 Å². The fourth-order valence-electron chi connectivity index (χ4n) is 5.94. The van der Waals surface area contributed by atoms with Gasteiger partial charge in [0.2, 0.25) is 11.8 Å². The molecule has 10 atom stereocenters. The molecule has 12 N–H and O–H groups in total. The number of carbonyl (C=O) groups is 4. The molecule has 2 bridgehead atoms. The van der Waals surface area contributed by atoms with Crippen molar-refractivity contribution in [2.24, 2.45) is 0 Å². The maximum absolute atomic E-state index is 12.6. The predicted molar refractivity (Wildman–Crippen MR) is 187 cm³/mol. The first kappa shape index (κ1) is 52.0. The fraction of sp³-hybridized carbons (Fsp3) is 0.735. The van der Waals surface area contributed by atoms with E-state index in [1.807, 2.05) is 4.90 Å². The topological polar surface area (TPSA) is 363 Å². The third-order valence-electron chi connectivity index (χ3n) is 9.52. The van der Waals surface area contributed by atoms with Crippen LogP contribution in [-0.4, -0.2) is 215 Å². The molecular weight excluding hydrogens is 803 g/mol. The van der Waals surface area contributed by atoms with Crippen LogP contribution in [0.25, 0.3) is 0 Å². The van der Waals surface area contributed by atoms with Gasteiger partial charge in [-0.15, -0.1) is 0 Å². The monoisotopic (exact) mass is 859 g/mol. The number of aliphatic hydroxyl groups is 10. The molecule has 2 rings (SSSR count). The number of hydrogen-bond donors (Lipinski definition) is 12. The van der Waals surface area contributed by atoms with Crippen LogP contribution in [0.2, 0.25) is 0 Å². The average molecular weight is 860 g/mol. The van der Waals surface area contributed by atoms with Crippen LogP contribution in [-0.2, 0) is 49.3 Å². The van der Waals surface area contributed by atoms with Gasteiger partial charge >= 0.3 is 17.1 Å². The zero-order chi connectivity index (χ0) is 42.1. The van der Waals surface area contributed by atoms with Crippen molar-refractivity contribution in [2.75, 3.05) is 59.5 Å². The molecule has 1 aliphatic rings. The van der Waals surface area contributed by atoms with E-state index in [0.717, 1.165) is 0 Å². The number of fused-ring (bicyclic) bond motifs is 2. The Morgan fingerprint density at radius 3 is 1.33 bits per heavy atom. The summed E-state index contributed by atoms with van der Waals surface area (Å²) in [5.74, 6) is -4.29. The van der Waals surface area contributed by atoms with E-state index in [1.165, 1.54) is 0 Å². The van der Waals surface area contributed by atoms with Crippen LogP contribution < -0.4 is 20.8 Å². The zero-order valence-corrected chi connectivity index (χ0v) is 32.7. The molecule has 23 heteroatoms. The largest absolute Gasteiger partial charge is 2.00 e. The van der Waals surface area contributed by atoms with Crippen molar-refractivity contribution in [2.45, 2.75) is 99.7 Å². The maximum Gasteiger partial charge on any atom is 2.00 e. The molecule has 1 aliphatic heterocycles. The van der Waals surface area contributed by atoms with Crippen LogP contribution in [0.5, 0.6) is 0 Å².